The maximum absolute atomic E-state index is 12.7. The molecule has 0 fully saturated rings. The zero-order valence-corrected chi connectivity index (χ0v) is 19.5. The molecule has 0 heterocycles. The summed E-state index contributed by atoms with van der Waals surface area (Å²) in [6, 6.07) is 19.2. The van der Waals surface area contributed by atoms with E-state index in [0.717, 1.165) is 11.1 Å². The zero-order valence-electron chi connectivity index (χ0n) is 18.7. The first-order valence-corrected chi connectivity index (χ1v) is 11.9. The van der Waals surface area contributed by atoms with Crippen LogP contribution in [0.15, 0.2) is 71.6 Å². The van der Waals surface area contributed by atoms with Crippen LogP contribution in [0.1, 0.15) is 36.5 Å². The van der Waals surface area contributed by atoms with Gasteiger partial charge in [0.25, 0.3) is 15.9 Å². The smallest absolute Gasteiger partial charge is 0.262 e. The highest BCUT2D eigenvalue weighted by Gasteiger charge is 2.16. The summed E-state index contributed by atoms with van der Waals surface area (Å²) in [4.78, 5) is 12.3. The maximum atomic E-state index is 12.7. The molecule has 3 aromatic carbocycles. The molecule has 168 valence electrons. The van der Waals surface area contributed by atoms with Gasteiger partial charge in [0.1, 0.15) is 5.75 Å². The SMILES string of the molecule is Cc1cccc(C)c1NS(=O)(=O)c1ccc(NC(=O)COc2ccc(C(C)C)cc2)cc1. The van der Waals surface area contributed by atoms with Crippen LogP contribution >= 0.6 is 0 Å². The number of para-hydroxylation sites is 1. The first-order chi connectivity index (χ1) is 15.2. The van der Waals surface area contributed by atoms with Crippen molar-refractivity contribution < 1.29 is 17.9 Å². The first-order valence-electron chi connectivity index (χ1n) is 10.4. The molecule has 3 aromatic rings. The van der Waals surface area contributed by atoms with E-state index in [0.29, 0.717) is 23.0 Å². The molecular weight excluding hydrogens is 424 g/mol. The number of ether oxygens (including phenoxy) is 1. The number of carbonyl (C=O) groups is 1. The van der Waals surface area contributed by atoms with Crippen LogP contribution in [-0.4, -0.2) is 20.9 Å². The lowest BCUT2D eigenvalue weighted by molar-refractivity contribution is -0.118. The molecular formula is C25H28N2O4S. The number of nitrogens with one attached hydrogen (secondary N) is 2. The lowest BCUT2D eigenvalue weighted by Crippen LogP contribution is -2.20. The Labute approximate surface area is 189 Å². The van der Waals surface area contributed by atoms with Gasteiger partial charge in [0.05, 0.1) is 10.6 Å². The van der Waals surface area contributed by atoms with Crippen molar-refractivity contribution >= 4 is 27.3 Å². The normalized spacial score (nSPS) is 11.3. The Hall–Kier alpha value is -3.32. The molecule has 0 saturated carbocycles. The van der Waals surface area contributed by atoms with E-state index in [1.165, 1.54) is 17.7 Å². The summed E-state index contributed by atoms with van der Waals surface area (Å²) in [6.07, 6.45) is 0. The van der Waals surface area contributed by atoms with Crippen molar-refractivity contribution in [2.75, 3.05) is 16.6 Å². The minimum absolute atomic E-state index is 0.111. The van der Waals surface area contributed by atoms with Crippen LogP contribution in [0.5, 0.6) is 5.75 Å². The van der Waals surface area contributed by atoms with E-state index in [2.05, 4.69) is 23.9 Å². The number of hydrogen-bond donors (Lipinski definition) is 2. The van der Waals surface area contributed by atoms with Crippen LogP contribution < -0.4 is 14.8 Å². The average Bonchev–Trinajstić information content (AvgIpc) is 2.76. The second kappa shape index (κ2) is 9.87. The van der Waals surface area contributed by atoms with E-state index in [1.807, 2.05) is 56.3 Å². The van der Waals surface area contributed by atoms with Crippen molar-refractivity contribution in [1.82, 2.24) is 0 Å². The molecule has 0 radical (unpaired) electrons. The van der Waals surface area contributed by atoms with Gasteiger partial charge in [-0.1, -0.05) is 44.2 Å². The number of amides is 1. The average molecular weight is 453 g/mol. The van der Waals surface area contributed by atoms with Gasteiger partial charge in [-0.15, -0.1) is 0 Å². The first kappa shape index (κ1) is 23.3. The van der Waals surface area contributed by atoms with Crippen LogP contribution in [0.4, 0.5) is 11.4 Å². The van der Waals surface area contributed by atoms with E-state index < -0.39 is 10.0 Å². The van der Waals surface area contributed by atoms with Crippen molar-refractivity contribution in [3.8, 4) is 5.75 Å². The van der Waals surface area contributed by atoms with E-state index in [1.54, 1.807) is 12.1 Å². The Morgan fingerprint density at radius 3 is 2.06 bits per heavy atom. The Morgan fingerprint density at radius 1 is 0.906 bits per heavy atom. The monoisotopic (exact) mass is 452 g/mol. The zero-order chi connectivity index (χ0) is 23.3. The number of sulfonamides is 1. The Bertz CT molecular complexity index is 1170. The number of hydrogen-bond acceptors (Lipinski definition) is 4. The highest BCUT2D eigenvalue weighted by Crippen LogP contribution is 2.24. The fourth-order valence-electron chi connectivity index (χ4n) is 3.18. The number of carbonyl (C=O) groups excluding carboxylic acids is 1. The van der Waals surface area contributed by atoms with Gasteiger partial charge in [-0.3, -0.25) is 9.52 Å². The Morgan fingerprint density at radius 2 is 1.50 bits per heavy atom. The summed E-state index contributed by atoms with van der Waals surface area (Å²) in [5.74, 6) is 0.709. The summed E-state index contributed by atoms with van der Waals surface area (Å²) >= 11 is 0. The summed E-state index contributed by atoms with van der Waals surface area (Å²) in [5, 5.41) is 2.71. The van der Waals surface area contributed by atoms with Gasteiger partial charge in [-0.25, -0.2) is 8.42 Å². The maximum Gasteiger partial charge on any atom is 0.262 e. The third-order valence-corrected chi connectivity index (χ3v) is 6.45. The Balaban J connectivity index is 1.59. The van der Waals surface area contributed by atoms with Gasteiger partial charge in [0, 0.05) is 5.69 Å². The summed E-state index contributed by atoms with van der Waals surface area (Å²) in [6.45, 7) is 7.78. The molecule has 0 aliphatic carbocycles. The molecule has 32 heavy (non-hydrogen) atoms. The highest BCUT2D eigenvalue weighted by atomic mass is 32.2. The molecule has 0 aromatic heterocycles. The van der Waals surface area contributed by atoms with Gasteiger partial charge in [0.2, 0.25) is 0 Å². The van der Waals surface area contributed by atoms with Gasteiger partial charge in [-0.2, -0.15) is 0 Å². The lowest BCUT2D eigenvalue weighted by atomic mass is 10.0. The summed E-state index contributed by atoms with van der Waals surface area (Å²) in [7, 11) is -3.75. The molecule has 3 rings (SSSR count). The van der Waals surface area contributed by atoms with E-state index in [-0.39, 0.29) is 17.4 Å². The number of rotatable bonds is 8. The second-order valence-corrected chi connectivity index (χ2v) is 9.64. The minimum atomic E-state index is -3.75. The van der Waals surface area contributed by atoms with Crippen LogP contribution in [0.2, 0.25) is 0 Å². The van der Waals surface area contributed by atoms with Crippen molar-refractivity contribution in [3.05, 3.63) is 83.4 Å². The second-order valence-electron chi connectivity index (χ2n) is 7.96. The number of benzene rings is 3. The molecule has 0 saturated heterocycles. The fraction of sp³-hybridized carbons (Fsp3) is 0.240. The third-order valence-electron chi connectivity index (χ3n) is 5.08. The predicted octanol–water partition coefficient (Wildman–Crippen LogP) is 5.25. The van der Waals surface area contributed by atoms with E-state index >= 15 is 0 Å². The Kier molecular flexibility index (Phi) is 7.20. The summed E-state index contributed by atoms with van der Waals surface area (Å²) in [5.41, 5.74) is 3.94. The van der Waals surface area contributed by atoms with Gasteiger partial charge in [-0.05, 0) is 72.9 Å². The molecule has 6 nitrogen and oxygen atoms in total. The van der Waals surface area contributed by atoms with E-state index in [9.17, 15) is 13.2 Å². The molecule has 2 N–H and O–H groups in total. The van der Waals surface area contributed by atoms with Gasteiger partial charge < -0.3 is 10.1 Å². The standard InChI is InChI=1S/C25H28N2O4S/c1-17(2)20-8-12-22(13-9-20)31-16-24(28)26-21-10-14-23(15-11-21)32(29,30)27-25-18(3)6-5-7-19(25)4/h5-15,17,27H,16H2,1-4H3,(H,26,28). The van der Waals surface area contributed by atoms with Crippen LogP contribution in [-0.2, 0) is 14.8 Å². The quantitative estimate of drug-likeness (QED) is 0.489. The number of anilines is 2. The lowest BCUT2D eigenvalue weighted by Gasteiger charge is -2.13. The largest absolute Gasteiger partial charge is 0.484 e. The summed E-state index contributed by atoms with van der Waals surface area (Å²) < 4.78 is 33.7. The van der Waals surface area contributed by atoms with Crippen LogP contribution in [0.25, 0.3) is 0 Å². The molecule has 0 aliphatic heterocycles. The van der Waals surface area contributed by atoms with Crippen LogP contribution in [0.3, 0.4) is 0 Å². The highest BCUT2D eigenvalue weighted by molar-refractivity contribution is 7.92. The van der Waals surface area contributed by atoms with E-state index in [4.69, 9.17) is 4.74 Å². The molecule has 0 atom stereocenters. The molecule has 1 amide bonds. The van der Waals surface area contributed by atoms with Crippen LogP contribution in [0, 0.1) is 13.8 Å². The van der Waals surface area contributed by atoms with Crippen molar-refractivity contribution in [2.45, 2.75) is 38.5 Å². The van der Waals surface area contributed by atoms with Gasteiger partial charge >= 0.3 is 0 Å². The molecule has 0 aliphatic rings. The fourth-order valence-corrected chi connectivity index (χ4v) is 4.38. The third kappa shape index (κ3) is 5.88. The molecule has 7 heteroatoms. The number of aryl methyl sites for hydroxylation is 2. The topological polar surface area (TPSA) is 84.5 Å². The minimum Gasteiger partial charge on any atom is -0.484 e. The molecule has 0 bridgehead atoms. The van der Waals surface area contributed by atoms with Crippen molar-refractivity contribution in [2.24, 2.45) is 0 Å². The van der Waals surface area contributed by atoms with Crippen molar-refractivity contribution in [1.29, 1.82) is 0 Å². The molecule has 0 unspecified atom stereocenters. The van der Waals surface area contributed by atoms with Gasteiger partial charge in [0.15, 0.2) is 6.61 Å². The van der Waals surface area contributed by atoms with Crippen molar-refractivity contribution in [3.63, 3.8) is 0 Å². The predicted molar refractivity (Wildman–Crippen MR) is 128 cm³/mol. The molecule has 0 spiro atoms.